The van der Waals surface area contributed by atoms with Crippen molar-refractivity contribution >= 4 is 33.7 Å². The van der Waals surface area contributed by atoms with Gasteiger partial charge in [0.25, 0.3) is 0 Å². The van der Waals surface area contributed by atoms with Crippen LogP contribution in [0.5, 0.6) is 0 Å². The first-order valence-corrected chi connectivity index (χ1v) is 5.25. The van der Waals surface area contributed by atoms with Gasteiger partial charge in [0.05, 0.1) is 0 Å². The van der Waals surface area contributed by atoms with Crippen molar-refractivity contribution in [3.63, 3.8) is 0 Å². The lowest BCUT2D eigenvalue weighted by Crippen LogP contribution is -2.30. The molecular formula is C9H10Cl2O2. The molecular weight excluding hydrogens is 211 g/mol. The Morgan fingerprint density at radius 1 is 0.923 bits per heavy atom. The smallest absolute Gasteiger partial charge is 0.225 e. The summed E-state index contributed by atoms with van der Waals surface area (Å²) in [6.07, 6.45) is 3.00. The molecule has 0 aromatic carbocycles. The van der Waals surface area contributed by atoms with Crippen molar-refractivity contribution in [2.45, 2.75) is 19.3 Å². The van der Waals surface area contributed by atoms with Crippen molar-refractivity contribution < 1.29 is 9.59 Å². The molecule has 2 bridgehead atoms. The number of carbonyl (C=O) groups excluding carboxylic acids is 2. The third-order valence-electron chi connectivity index (χ3n) is 3.44. The predicted molar refractivity (Wildman–Crippen MR) is 49.5 cm³/mol. The standard InChI is InChI=1S/C9H10Cl2O2/c10-8(12)6-4-1-2-5(3-4)7(6)9(11)13/h4-7H,1-3H2. The monoisotopic (exact) mass is 220 g/mol. The van der Waals surface area contributed by atoms with E-state index in [-0.39, 0.29) is 22.3 Å². The second-order valence-corrected chi connectivity index (χ2v) is 4.74. The SMILES string of the molecule is O=C(Cl)C1C2CCC(C2)C1C(=O)Cl. The Morgan fingerprint density at radius 3 is 1.62 bits per heavy atom. The summed E-state index contributed by atoms with van der Waals surface area (Å²) in [5, 5.41) is -0.766. The highest BCUT2D eigenvalue weighted by molar-refractivity contribution is 6.66. The van der Waals surface area contributed by atoms with E-state index in [4.69, 9.17) is 23.2 Å². The van der Waals surface area contributed by atoms with E-state index in [2.05, 4.69) is 0 Å². The van der Waals surface area contributed by atoms with E-state index in [1.54, 1.807) is 0 Å². The Morgan fingerprint density at radius 2 is 1.31 bits per heavy atom. The number of rotatable bonds is 2. The van der Waals surface area contributed by atoms with Crippen molar-refractivity contribution in [2.24, 2.45) is 23.7 Å². The van der Waals surface area contributed by atoms with Crippen LogP contribution in [0, 0.1) is 23.7 Å². The summed E-state index contributed by atoms with van der Waals surface area (Å²) < 4.78 is 0. The van der Waals surface area contributed by atoms with E-state index in [1.807, 2.05) is 0 Å². The third-order valence-corrected chi connectivity index (χ3v) is 3.94. The second kappa shape index (κ2) is 3.25. The highest BCUT2D eigenvalue weighted by Crippen LogP contribution is 2.53. The summed E-state index contributed by atoms with van der Waals surface area (Å²) in [6, 6.07) is 0. The third kappa shape index (κ3) is 1.40. The van der Waals surface area contributed by atoms with Crippen LogP contribution in [0.2, 0.25) is 0 Å². The highest BCUT2D eigenvalue weighted by atomic mass is 35.5. The fraction of sp³-hybridized carbons (Fsp3) is 0.778. The number of hydrogen-bond acceptors (Lipinski definition) is 2. The van der Waals surface area contributed by atoms with E-state index >= 15 is 0 Å². The molecule has 0 radical (unpaired) electrons. The van der Waals surface area contributed by atoms with Gasteiger partial charge in [0.2, 0.25) is 10.5 Å². The van der Waals surface area contributed by atoms with Crippen LogP contribution in [0.15, 0.2) is 0 Å². The molecule has 0 amide bonds. The van der Waals surface area contributed by atoms with Crippen molar-refractivity contribution in [2.75, 3.05) is 0 Å². The number of hydrogen-bond donors (Lipinski definition) is 0. The van der Waals surface area contributed by atoms with E-state index < -0.39 is 0 Å². The summed E-state index contributed by atoms with van der Waals surface area (Å²) in [7, 11) is 0. The molecule has 0 aromatic rings. The molecule has 4 heteroatoms. The van der Waals surface area contributed by atoms with E-state index in [0.29, 0.717) is 11.8 Å². The topological polar surface area (TPSA) is 34.1 Å². The predicted octanol–water partition coefficient (Wildman–Crippen LogP) is 2.18. The van der Waals surface area contributed by atoms with Gasteiger partial charge in [-0.2, -0.15) is 0 Å². The Labute approximate surface area is 86.6 Å². The molecule has 2 fully saturated rings. The summed E-state index contributed by atoms with van der Waals surface area (Å²) in [6.45, 7) is 0. The molecule has 0 saturated heterocycles. The van der Waals surface area contributed by atoms with Gasteiger partial charge < -0.3 is 0 Å². The molecule has 0 spiro atoms. The van der Waals surface area contributed by atoms with E-state index in [9.17, 15) is 9.59 Å². The minimum atomic E-state index is -0.383. The summed E-state index contributed by atoms with van der Waals surface area (Å²) in [5.41, 5.74) is 0. The summed E-state index contributed by atoms with van der Waals surface area (Å²) in [5.74, 6) is 0.0150. The molecule has 4 atom stereocenters. The van der Waals surface area contributed by atoms with Crippen LogP contribution in [-0.4, -0.2) is 10.5 Å². The van der Waals surface area contributed by atoms with Crippen LogP contribution >= 0.6 is 23.2 Å². The zero-order valence-corrected chi connectivity index (χ0v) is 8.52. The van der Waals surface area contributed by atoms with Crippen LogP contribution in [-0.2, 0) is 9.59 Å². The molecule has 2 nitrogen and oxygen atoms in total. The van der Waals surface area contributed by atoms with Crippen LogP contribution in [0.4, 0.5) is 0 Å². The van der Waals surface area contributed by atoms with Crippen LogP contribution in [0.1, 0.15) is 19.3 Å². The van der Waals surface area contributed by atoms with Gasteiger partial charge in [0.1, 0.15) is 0 Å². The normalized spacial score (nSPS) is 42.3. The average Bonchev–Trinajstić information content (AvgIpc) is 2.60. The summed E-state index contributed by atoms with van der Waals surface area (Å²) >= 11 is 10.9. The molecule has 0 heterocycles. The number of carbonyl (C=O) groups is 2. The lowest BCUT2D eigenvalue weighted by atomic mass is 9.81. The minimum Gasteiger partial charge on any atom is -0.281 e. The Bertz CT molecular complexity index is 238. The minimum absolute atomic E-state index is 0.301. The average molecular weight is 221 g/mol. The Hall–Kier alpha value is -0.0800. The fourth-order valence-corrected chi connectivity index (χ4v) is 3.57. The molecule has 0 N–H and O–H groups in total. The maximum absolute atomic E-state index is 11.1. The number of halogens is 2. The molecule has 2 aliphatic rings. The zero-order chi connectivity index (χ0) is 9.59. The van der Waals surface area contributed by atoms with Gasteiger partial charge in [0, 0.05) is 11.8 Å². The maximum atomic E-state index is 11.1. The van der Waals surface area contributed by atoms with Gasteiger partial charge in [-0.1, -0.05) is 0 Å². The number of fused-ring (bicyclic) bond motifs is 2. The summed E-state index contributed by atoms with van der Waals surface area (Å²) in [4.78, 5) is 22.2. The van der Waals surface area contributed by atoms with Crippen LogP contribution in [0.25, 0.3) is 0 Å². The second-order valence-electron chi connectivity index (χ2n) is 3.99. The Kier molecular flexibility index (Phi) is 2.37. The van der Waals surface area contributed by atoms with Gasteiger partial charge in [-0.25, -0.2) is 0 Å². The molecule has 2 aliphatic carbocycles. The molecule has 2 rings (SSSR count). The first kappa shape index (κ1) is 9.47. The first-order chi connectivity index (χ1) is 6.11. The van der Waals surface area contributed by atoms with Gasteiger partial charge in [-0.05, 0) is 54.3 Å². The molecule has 0 aliphatic heterocycles. The van der Waals surface area contributed by atoms with Crippen LogP contribution in [0.3, 0.4) is 0 Å². The highest BCUT2D eigenvalue weighted by Gasteiger charge is 2.52. The van der Waals surface area contributed by atoms with Crippen molar-refractivity contribution in [1.82, 2.24) is 0 Å². The largest absolute Gasteiger partial charge is 0.281 e. The molecule has 2 saturated carbocycles. The first-order valence-electron chi connectivity index (χ1n) is 4.50. The molecule has 0 aromatic heterocycles. The van der Waals surface area contributed by atoms with E-state index in [0.717, 1.165) is 19.3 Å². The van der Waals surface area contributed by atoms with E-state index in [1.165, 1.54) is 0 Å². The maximum Gasteiger partial charge on any atom is 0.225 e. The van der Waals surface area contributed by atoms with Gasteiger partial charge in [-0.15, -0.1) is 0 Å². The lowest BCUT2D eigenvalue weighted by Gasteiger charge is -2.24. The Balaban J connectivity index is 2.24. The van der Waals surface area contributed by atoms with Crippen LogP contribution < -0.4 is 0 Å². The van der Waals surface area contributed by atoms with Gasteiger partial charge >= 0.3 is 0 Å². The quantitative estimate of drug-likeness (QED) is 0.669. The van der Waals surface area contributed by atoms with Crippen molar-refractivity contribution in [3.05, 3.63) is 0 Å². The molecule has 13 heavy (non-hydrogen) atoms. The fourth-order valence-electron chi connectivity index (χ4n) is 2.94. The lowest BCUT2D eigenvalue weighted by molar-refractivity contribution is -0.125. The van der Waals surface area contributed by atoms with Crippen molar-refractivity contribution in [3.8, 4) is 0 Å². The zero-order valence-electron chi connectivity index (χ0n) is 7.00. The van der Waals surface area contributed by atoms with Crippen molar-refractivity contribution in [1.29, 1.82) is 0 Å². The molecule has 4 unspecified atom stereocenters. The molecule has 72 valence electrons. The van der Waals surface area contributed by atoms with Gasteiger partial charge in [0.15, 0.2) is 0 Å². The van der Waals surface area contributed by atoms with Gasteiger partial charge in [-0.3, -0.25) is 9.59 Å².